The highest BCUT2D eigenvalue weighted by atomic mass is 16.6. The Labute approximate surface area is 210 Å². The van der Waals surface area contributed by atoms with E-state index in [0.717, 1.165) is 0 Å². The van der Waals surface area contributed by atoms with E-state index in [1.54, 1.807) is 24.3 Å². The maximum absolute atomic E-state index is 12.5. The number of hydrogen-bond acceptors (Lipinski definition) is 11. The van der Waals surface area contributed by atoms with Crippen LogP contribution in [-0.2, 0) is 15.1 Å². The Balaban J connectivity index is 0.000000198. The van der Waals surface area contributed by atoms with E-state index in [4.69, 9.17) is 35.0 Å². The van der Waals surface area contributed by atoms with E-state index in [9.17, 15) is 15.0 Å². The molecule has 0 aromatic heterocycles. The molecule has 0 aliphatic carbocycles. The number of ether oxygens (including phenoxy) is 3. The SMILES string of the molecule is O=C1OC2(c3ccc(O)cc3Oc3cc(O)ccc32)c2ccccc21.OC[C@H]1OC(O)[C@H](O)[C@@H](O)[C@H]1O. The summed E-state index contributed by atoms with van der Waals surface area (Å²) in [7, 11) is 0. The van der Waals surface area contributed by atoms with Crippen LogP contribution in [-0.4, -0.2) is 79.0 Å². The fourth-order valence-corrected chi connectivity index (χ4v) is 4.74. The van der Waals surface area contributed by atoms with Crippen LogP contribution in [0.4, 0.5) is 0 Å². The lowest BCUT2D eigenvalue weighted by Crippen LogP contribution is -2.58. The number of carbonyl (C=O) groups excluding carboxylic acids is 1. The van der Waals surface area contributed by atoms with Gasteiger partial charge >= 0.3 is 5.97 Å². The lowest BCUT2D eigenvalue weighted by atomic mass is 9.77. The first-order valence-electron chi connectivity index (χ1n) is 11.3. The second-order valence-corrected chi connectivity index (χ2v) is 8.80. The molecule has 0 radical (unpaired) electrons. The summed E-state index contributed by atoms with van der Waals surface area (Å²) in [6, 6.07) is 16.6. The Bertz CT molecular complexity index is 1280. The third kappa shape index (κ3) is 3.98. The molecule has 6 rings (SSSR count). The van der Waals surface area contributed by atoms with Gasteiger partial charge in [-0.25, -0.2) is 4.79 Å². The van der Waals surface area contributed by atoms with E-state index < -0.39 is 48.9 Å². The van der Waals surface area contributed by atoms with E-state index in [-0.39, 0.29) is 11.5 Å². The first-order valence-corrected chi connectivity index (χ1v) is 11.3. The zero-order valence-electron chi connectivity index (χ0n) is 19.1. The number of aromatic hydroxyl groups is 2. The highest BCUT2D eigenvalue weighted by molar-refractivity contribution is 5.97. The van der Waals surface area contributed by atoms with Crippen LogP contribution in [0.15, 0.2) is 60.7 Å². The summed E-state index contributed by atoms with van der Waals surface area (Å²) in [5.74, 6) is 0.408. The summed E-state index contributed by atoms with van der Waals surface area (Å²) < 4.78 is 16.4. The second kappa shape index (κ2) is 9.30. The van der Waals surface area contributed by atoms with E-state index in [2.05, 4.69) is 4.74 Å². The van der Waals surface area contributed by atoms with Crippen LogP contribution in [0.25, 0.3) is 0 Å². The third-order valence-corrected chi connectivity index (χ3v) is 6.55. The van der Waals surface area contributed by atoms with Crippen molar-refractivity contribution >= 4 is 5.97 Å². The smallest absolute Gasteiger partial charge is 0.340 e. The average molecular weight is 512 g/mol. The van der Waals surface area contributed by atoms with E-state index in [1.807, 2.05) is 12.1 Å². The predicted octanol–water partition coefficient (Wildman–Crippen LogP) is 0.444. The molecule has 1 unspecified atom stereocenters. The van der Waals surface area contributed by atoms with Gasteiger partial charge in [-0.2, -0.15) is 0 Å². The van der Waals surface area contributed by atoms with Gasteiger partial charge in [0.2, 0.25) is 0 Å². The third-order valence-electron chi connectivity index (χ3n) is 6.55. The number of rotatable bonds is 1. The minimum absolute atomic E-state index is 0.0371. The van der Waals surface area contributed by atoms with Crippen molar-refractivity contribution in [3.05, 3.63) is 82.9 Å². The van der Waals surface area contributed by atoms with Crippen molar-refractivity contribution in [1.82, 2.24) is 0 Å². The summed E-state index contributed by atoms with van der Waals surface area (Å²) in [5.41, 5.74) is 1.28. The van der Waals surface area contributed by atoms with Gasteiger partial charge in [0.25, 0.3) is 0 Å². The molecule has 3 aromatic rings. The van der Waals surface area contributed by atoms with Crippen LogP contribution >= 0.6 is 0 Å². The Morgan fingerprint density at radius 1 is 0.757 bits per heavy atom. The number of aliphatic hydroxyl groups is 5. The van der Waals surface area contributed by atoms with Crippen molar-refractivity contribution in [2.45, 2.75) is 36.3 Å². The van der Waals surface area contributed by atoms with Crippen molar-refractivity contribution < 1.29 is 54.8 Å². The Kier molecular flexibility index (Phi) is 6.28. The molecule has 37 heavy (non-hydrogen) atoms. The molecule has 3 aromatic carbocycles. The lowest BCUT2D eigenvalue weighted by Gasteiger charge is -2.37. The standard InChI is InChI=1S/C20H12O5.C6H12O6/c21-11-5-7-15-17(9-11)24-18-10-12(22)6-8-16(18)20(15)14-4-2-1-3-13(14)19(23)25-20;7-1-2-3(8)4(9)5(10)6(11)12-2/h1-10,21-22H;2-11H,1H2/t;2-,3+,4+,5-,6?/m.1/s1. The fourth-order valence-electron chi connectivity index (χ4n) is 4.74. The van der Waals surface area contributed by atoms with Gasteiger partial charge in [0.1, 0.15) is 47.4 Å². The number of carbonyl (C=O) groups is 1. The van der Waals surface area contributed by atoms with Crippen molar-refractivity contribution in [1.29, 1.82) is 0 Å². The largest absolute Gasteiger partial charge is 0.508 e. The number of aliphatic hydroxyl groups excluding tert-OH is 5. The number of phenolic OH excluding ortho intramolecular Hbond substituents is 2. The first kappa shape index (κ1) is 25.0. The molecule has 3 heterocycles. The lowest BCUT2D eigenvalue weighted by molar-refractivity contribution is -0.286. The summed E-state index contributed by atoms with van der Waals surface area (Å²) >= 11 is 0. The van der Waals surface area contributed by atoms with Gasteiger partial charge in [0.05, 0.1) is 12.2 Å². The molecule has 3 aliphatic heterocycles. The molecular formula is C26H24O11. The van der Waals surface area contributed by atoms with E-state index in [1.165, 1.54) is 24.3 Å². The average Bonchev–Trinajstić information content (AvgIpc) is 3.18. The summed E-state index contributed by atoms with van der Waals surface area (Å²) in [4.78, 5) is 12.5. The number of hydrogen-bond donors (Lipinski definition) is 7. The molecule has 11 nitrogen and oxygen atoms in total. The second-order valence-electron chi connectivity index (χ2n) is 8.80. The molecule has 11 heteroatoms. The monoisotopic (exact) mass is 512 g/mol. The van der Waals surface area contributed by atoms with Crippen LogP contribution in [0, 0.1) is 0 Å². The van der Waals surface area contributed by atoms with Gasteiger partial charge in [0, 0.05) is 28.8 Å². The molecule has 0 amide bonds. The maximum Gasteiger partial charge on any atom is 0.340 e. The fraction of sp³-hybridized carbons (Fsp3) is 0.269. The summed E-state index contributed by atoms with van der Waals surface area (Å²) in [6.45, 7) is -0.526. The van der Waals surface area contributed by atoms with Crippen LogP contribution in [0.2, 0.25) is 0 Å². The van der Waals surface area contributed by atoms with Crippen molar-refractivity contribution in [3.8, 4) is 23.0 Å². The molecule has 3 aliphatic rings. The first-order chi connectivity index (χ1) is 17.7. The number of esters is 1. The molecule has 5 atom stereocenters. The van der Waals surface area contributed by atoms with Crippen LogP contribution < -0.4 is 4.74 Å². The quantitative estimate of drug-likeness (QED) is 0.224. The zero-order chi connectivity index (χ0) is 26.5. The minimum Gasteiger partial charge on any atom is -0.508 e. The van der Waals surface area contributed by atoms with Crippen molar-refractivity contribution in [2.75, 3.05) is 6.61 Å². The topological polar surface area (TPSA) is 186 Å². The molecule has 7 N–H and O–H groups in total. The van der Waals surface area contributed by atoms with Gasteiger partial charge in [-0.3, -0.25) is 0 Å². The van der Waals surface area contributed by atoms with Crippen molar-refractivity contribution in [2.24, 2.45) is 0 Å². The highest BCUT2D eigenvalue weighted by Gasteiger charge is 2.53. The molecule has 1 fully saturated rings. The molecule has 0 bridgehead atoms. The molecule has 194 valence electrons. The Hall–Kier alpha value is -3.71. The van der Waals surface area contributed by atoms with Gasteiger partial charge in [-0.05, 0) is 30.3 Å². The molecular weight excluding hydrogens is 488 g/mol. The van der Waals surface area contributed by atoms with Gasteiger partial charge < -0.3 is 50.0 Å². The molecule has 1 saturated heterocycles. The summed E-state index contributed by atoms with van der Waals surface area (Å²) in [6.07, 6.45) is -7.04. The summed E-state index contributed by atoms with van der Waals surface area (Å²) in [5, 5.41) is 64.3. The zero-order valence-corrected chi connectivity index (χ0v) is 19.1. The molecule has 0 saturated carbocycles. The number of phenols is 2. The number of benzene rings is 3. The van der Waals surface area contributed by atoms with Crippen LogP contribution in [0.5, 0.6) is 23.0 Å². The molecule has 1 spiro atoms. The van der Waals surface area contributed by atoms with E-state index >= 15 is 0 Å². The van der Waals surface area contributed by atoms with Crippen LogP contribution in [0.1, 0.15) is 27.0 Å². The van der Waals surface area contributed by atoms with Crippen LogP contribution in [0.3, 0.4) is 0 Å². The van der Waals surface area contributed by atoms with Crippen molar-refractivity contribution in [3.63, 3.8) is 0 Å². The maximum atomic E-state index is 12.5. The van der Waals surface area contributed by atoms with Gasteiger partial charge in [-0.1, -0.05) is 18.2 Å². The van der Waals surface area contributed by atoms with Gasteiger partial charge in [0.15, 0.2) is 11.9 Å². The number of fused-ring (bicyclic) bond motifs is 6. The van der Waals surface area contributed by atoms with E-state index in [0.29, 0.717) is 33.8 Å². The Morgan fingerprint density at radius 3 is 1.95 bits per heavy atom. The normalized spacial score (nSPS) is 26.6. The predicted molar refractivity (Wildman–Crippen MR) is 124 cm³/mol. The highest BCUT2D eigenvalue weighted by Crippen LogP contribution is 2.56. The Morgan fingerprint density at radius 2 is 1.35 bits per heavy atom. The van der Waals surface area contributed by atoms with Gasteiger partial charge in [-0.15, -0.1) is 0 Å². The minimum atomic E-state index is -1.57.